The summed E-state index contributed by atoms with van der Waals surface area (Å²) in [5, 5.41) is 10.6. The van der Waals surface area contributed by atoms with E-state index in [-0.39, 0.29) is 6.10 Å². The number of allylic oxidation sites excluding steroid dienone is 4. The van der Waals surface area contributed by atoms with Crippen molar-refractivity contribution in [3.63, 3.8) is 0 Å². The zero-order valence-corrected chi connectivity index (χ0v) is 14.3. The van der Waals surface area contributed by atoms with Crippen molar-refractivity contribution in [3.05, 3.63) is 35.5 Å². The summed E-state index contributed by atoms with van der Waals surface area (Å²) >= 11 is 0. The number of hydrogen-bond acceptors (Lipinski definition) is 1. The van der Waals surface area contributed by atoms with E-state index in [0.717, 1.165) is 31.3 Å². The van der Waals surface area contributed by atoms with Gasteiger partial charge < -0.3 is 5.11 Å². The summed E-state index contributed by atoms with van der Waals surface area (Å²) in [6.07, 6.45) is 11.1. The van der Waals surface area contributed by atoms with Crippen LogP contribution in [0.15, 0.2) is 35.5 Å². The van der Waals surface area contributed by atoms with E-state index in [1.807, 2.05) is 0 Å². The molecule has 0 bridgehead atoms. The molecule has 1 saturated carbocycles. The minimum absolute atomic E-state index is 0.285. The van der Waals surface area contributed by atoms with Gasteiger partial charge in [-0.1, -0.05) is 36.8 Å². The van der Waals surface area contributed by atoms with Crippen molar-refractivity contribution in [1.82, 2.24) is 0 Å². The molecule has 1 N–H and O–H groups in total. The van der Waals surface area contributed by atoms with Crippen LogP contribution in [0, 0.1) is 17.3 Å². The third-order valence-electron chi connectivity index (χ3n) is 5.96. The first-order chi connectivity index (χ1) is 9.83. The Morgan fingerprint density at radius 1 is 1.33 bits per heavy atom. The van der Waals surface area contributed by atoms with Crippen molar-refractivity contribution in [1.29, 1.82) is 0 Å². The fourth-order valence-corrected chi connectivity index (χ4v) is 4.25. The van der Waals surface area contributed by atoms with E-state index in [0.29, 0.717) is 17.3 Å². The molecule has 2 rings (SSSR count). The molecule has 4 atom stereocenters. The van der Waals surface area contributed by atoms with Crippen LogP contribution < -0.4 is 0 Å². The molecule has 0 heterocycles. The monoisotopic (exact) mass is 288 g/mol. The predicted octanol–water partition coefficient (Wildman–Crippen LogP) is 5.42. The van der Waals surface area contributed by atoms with E-state index in [1.165, 1.54) is 24.0 Å². The van der Waals surface area contributed by atoms with Gasteiger partial charge in [-0.2, -0.15) is 0 Å². The first-order valence-electron chi connectivity index (χ1n) is 8.49. The van der Waals surface area contributed by atoms with Crippen LogP contribution in [0.4, 0.5) is 0 Å². The van der Waals surface area contributed by atoms with Gasteiger partial charge in [0.2, 0.25) is 0 Å². The molecule has 0 amide bonds. The lowest BCUT2D eigenvalue weighted by Gasteiger charge is -2.35. The second kappa shape index (κ2) is 6.52. The smallest absolute Gasteiger partial charge is 0.0750 e. The van der Waals surface area contributed by atoms with Crippen LogP contribution in [-0.4, -0.2) is 11.2 Å². The second-order valence-electron chi connectivity index (χ2n) is 7.74. The summed E-state index contributed by atoms with van der Waals surface area (Å²) in [6.45, 7) is 13.1. The van der Waals surface area contributed by atoms with Gasteiger partial charge in [0.05, 0.1) is 6.10 Å². The number of rotatable bonds is 1. The molecule has 2 aliphatic carbocycles. The van der Waals surface area contributed by atoms with Crippen LogP contribution in [0.5, 0.6) is 0 Å². The minimum Gasteiger partial charge on any atom is -0.389 e. The Kier molecular flexibility index (Phi) is 5.14. The molecular weight excluding hydrogens is 256 g/mol. The molecule has 0 unspecified atom stereocenters. The summed E-state index contributed by atoms with van der Waals surface area (Å²) in [5.74, 6) is 1.13. The standard InChI is InChI=1S/C20H32O/c1-14(2)17-10-12-20(5)11-9-15(3)7-6-8-16(4)19(21)13-18(17)20/h8-9,17-19,21H,1,6-7,10-13H2,2-5H3/b15-9+,16-8+/t17-,18-,19-,20-/m0/s1. The molecular formula is C20H32O. The van der Waals surface area contributed by atoms with Gasteiger partial charge in [0.15, 0.2) is 0 Å². The lowest BCUT2D eigenvalue weighted by atomic mass is 9.70. The highest BCUT2D eigenvalue weighted by atomic mass is 16.3. The average molecular weight is 288 g/mol. The average Bonchev–Trinajstić information content (AvgIpc) is 2.73. The molecule has 0 aromatic heterocycles. The van der Waals surface area contributed by atoms with Crippen molar-refractivity contribution >= 4 is 0 Å². The second-order valence-corrected chi connectivity index (χ2v) is 7.74. The summed E-state index contributed by atoms with van der Waals surface area (Å²) in [6, 6.07) is 0. The minimum atomic E-state index is -0.285. The number of hydrogen-bond donors (Lipinski definition) is 1. The van der Waals surface area contributed by atoms with Crippen molar-refractivity contribution in [2.45, 2.75) is 72.3 Å². The summed E-state index contributed by atoms with van der Waals surface area (Å²) in [7, 11) is 0. The lowest BCUT2D eigenvalue weighted by molar-refractivity contribution is 0.112. The summed E-state index contributed by atoms with van der Waals surface area (Å²) in [5.41, 5.74) is 4.26. The number of fused-ring (bicyclic) bond motifs is 1. The van der Waals surface area contributed by atoms with Gasteiger partial charge in [0.25, 0.3) is 0 Å². The molecule has 1 nitrogen and oxygen atoms in total. The van der Waals surface area contributed by atoms with E-state index in [9.17, 15) is 5.11 Å². The molecule has 0 radical (unpaired) electrons. The predicted molar refractivity (Wildman–Crippen MR) is 91.1 cm³/mol. The van der Waals surface area contributed by atoms with Gasteiger partial charge in [-0.15, -0.1) is 0 Å². The Balaban J connectivity index is 2.33. The van der Waals surface area contributed by atoms with Gasteiger partial charge in [0, 0.05) is 0 Å². The van der Waals surface area contributed by atoms with E-state index in [1.54, 1.807) is 0 Å². The van der Waals surface area contributed by atoms with Crippen LogP contribution in [-0.2, 0) is 0 Å². The Morgan fingerprint density at radius 3 is 2.71 bits per heavy atom. The third-order valence-corrected chi connectivity index (χ3v) is 5.96. The molecule has 2 aliphatic rings. The Hall–Kier alpha value is -0.820. The maximum Gasteiger partial charge on any atom is 0.0750 e. The van der Waals surface area contributed by atoms with Gasteiger partial charge in [-0.05, 0) is 82.1 Å². The molecule has 21 heavy (non-hydrogen) atoms. The SMILES string of the molecule is C=C(C)[C@@H]1CC[C@]2(C)C/C=C(\C)CC/C=C(\C)[C@@H](O)C[C@@H]12. The van der Waals surface area contributed by atoms with Crippen molar-refractivity contribution in [2.75, 3.05) is 0 Å². The molecule has 0 aliphatic heterocycles. The number of aliphatic hydroxyl groups excluding tert-OH is 1. The topological polar surface area (TPSA) is 20.2 Å². The largest absolute Gasteiger partial charge is 0.389 e. The molecule has 0 aromatic rings. The van der Waals surface area contributed by atoms with E-state index in [4.69, 9.17) is 0 Å². The molecule has 0 spiro atoms. The Bertz CT molecular complexity index is 456. The van der Waals surface area contributed by atoms with Gasteiger partial charge in [-0.3, -0.25) is 0 Å². The zero-order chi connectivity index (χ0) is 15.6. The van der Waals surface area contributed by atoms with Crippen LogP contribution in [0.1, 0.15) is 66.2 Å². The van der Waals surface area contributed by atoms with Crippen LogP contribution >= 0.6 is 0 Å². The van der Waals surface area contributed by atoms with E-state index < -0.39 is 0 Å². The van der Waals surface area contributed by atoms with Crippen LogP contribution in [0.3, 0.4) is 0 Å². The molecule has 1 fully saturated rings. The van der Waals surface area contributed by atoms with Crippen LogP contribution in [0.25, 0.3) is 0 Å². The zero-order valence-electron chi connectivity index (χ0n) is 14.3. The normalized spacial score (nSPS) is 43.0. The quantitative estimate of drug-likeness (QED) is 0.638. The molecule has 0 aromatic carbocycles. The van der Waals surface area contributed by atoms with Crippen molar-refractivity contribution < 1.29 is 5.11 Å². The molecule has 1 heteroatoms. The van der Waals surface area contributed by atoms with Gasteiger partial charge in [-0.25, -0.2) is 0 Å². The Labute approximate surface area is 130 Å². The fraction of sp³-hybridized carbons (Fsp3) is 0.700. The maximum atomic E-state index is 10.6. The fourth-order valence-electron chi connectivity index (χ4n) is 4.25. The highest BCUT2D eigenvalue weighted by Crippen LogP contribution is 2.53. The third kappa shape index (κ3) is 3.69. The van der Waals surface area contributed by atoms with Crippen molar-refractivity contribution in [3.8, 4) is 0 Å². The first-order valence-corrected chi connectivity index (χ1v) is 8.49. The highest BCUT2D eigenvalue weighted by molar-refractivity contribution is 5.15. The molecule has 118 valence electrons. The van der Waals surface area contributed by atoms with Gasteiger partial charge in [0.1, 0.15) is 0 Å². The highest BCUT2D eigenvalue weighted by Gasteiger charge is 2.45. The van der Waals surface area contributed by atoms with Crippen molar-refractivity contribution in [2.24, 2.45) is 17.3 Å². The maximum absolute atomic E-state index is 10.6. The van der Waals surface area contributed by atoms with Gasteiger partial charge >= 0.3 is 0 Å². The first kappa shape index (κ1) is 16.5. The summed E-state index contributed by atoms with van der Waals surface area (Å²) in [4.78, 5) is 0. The van der Waals surface area contributed by atoms with Crippen LogP contribution in [0.2, 0.25) is 0 Å². The van der Waals surface area contributed by atoms with E-state index >= 15 is 0 Å². The number of aliphatic hydroxyl groups is 1. The van der Waals surface area contributed by atoms with E-state index in [2.05, 4.69) is 46.4 Å². The summed E-state index contributed by atoms with van der Waals surface area (Å²) < 4.78 is 0. The lowest BCUT2D eigenvalue weighted by Crippen LogP contribution is -2.29. The molecule has 0 saturated heterocycles. The Morgan fingerprint density at radius 2 is 2.05 bits per heavy atom.